The second-order valence-corrected chi connectivity index (χ2v) is 3.92. The Morgan fingerprint density at radius 1 is 1.43 bits per heavy atom. The van der Waals surface area contributed by atoms with Gasteiger partial charge in [0.1, 0.15) is 0 Å². The van der Waals surface area contributed by atoms with Crippen LogP contribution in [0, 0.1) is 5.92 Å². The van der Waals surface area contributed by atoms with Gasteiger partial charge in [-0.2, -0.15) is 13.2 Å². The van der Waals surface area contributed by atoms with Gasteiger partial charge in [-0.1, -0.05) is 12.8 Å². The van der Waals surface area contributed by atoms with E-state index in [1.165, 1.54) is 6.92 Å². The highest BCUT2D eigenvalue weighted by atomic mass is 19.4. The first-order chi connectivity index (χ1) is 6.41. The van der Waals surface area contributed by atoms with Crippen LogP contribution in [0.3, 0.4) is 0 Å². The molecule has 0 aliphatic heterocycles. The standard InChI is InChI=1S/C9H16F3NO/c1-6(13)8(9(10,11)12)14-5-4-7-2-3-7/h6-8H,2-5,13H2,1H3. The molecule has 1 fully saturated rings. The van der Waals surface area contributed by atoms with Gasteiger partial charge in [-0.3, -0.25) is 0 Å². The Morgan fingerprint density at radius 2 is 2.00 bits per heavy atom. The summed E-state index contributed by atoms with van der Waals surface area (Å²) in [5, 5.41) is 0. The van der Waals surface area contributed by atoms with E-state index in [1.807, 2.05) is 0 Å². The minimum atomic E-state index is -4.35. The molecule has 14 heavy (non-hydrogen) atoms. The molecule has 0 heterocycles. The maximum absolute atomic E-state index is 12.3. The highest BCUT2D eigenvalue weighted by Gasteiger charge is 2.43. The van der Waals surface area contributed by atoms with E-state index in [4.69, 9.17) is 10.5 Å². The Bertz CT molecular complexity index is 177. The maximum Gasteiger partial charge on any atom is 0.416 e. The van der Waals surface area contributed by atoms with Gasteiger partial charge in [0.2, 0.25) is 0 Å². The molecule has 1 aliphatic carbocycles. The van der Waals surface area contributed by atoms with E-state index >= 15 is 0 Å². The largest absolute Gasteiger partial charge is 0.416 e. The van der Waals surface area contributed by atoms with Crippen LogP contribution >= 0.6 is 0 Å². The molecule has 0 aromatic heterocycles. The SMILES string of the molecule is CC(N)C(OCCC1CC1)C(F)(F)F. The normalized spacial score (nSPS) is 22.1. The summed E-state index contributed by atoms with van der Waals surface area (Å²) in [7, 11) is 0. The number of hydrogen-bond acceptors (Lipinski definition) is 2. The number of ether oxygens (including phenoxy) is 1. The zero-order chi connectivity index (χ0) is 10.8. The first-order valence-corrected chi connectivity index (χ1v) is 4.85. The summed E-state index contributed by atoms with van der Waals surface area (Å²) in [5.41, 5.74) is 5.21. The van der Waals surface area contributed by atoms with Crippen molar-refractivity contribution >= 4 is 0 Å². The molecule has 0 amide bonds. The van der Waals surface area contributed by atoms with Crippen LogP contribution in [-0.4, -0.2) is 24.9 Å². The highest BCUT2D eigenvalue weighted by Crippen LogP contribution is 2.33. The second kappa shape index (κ2) is 4.49. The number of halogens is 3. The van der Waals surface area contributed by atoms with E-state index < -0.39 is 18.3 Å². The van der Waals surface area contributed by atoms with Crippen molar-refractivity contribution in [2.24, 2.45) is 11.7 Å². The summed E-state index contributed by atoms with van der Waals surface area (Å²) < 4.78 is 41.7. The van der Waals surface area contributed by atoms with Gasteiger partial charge in [-0.25, -0.2) is 0 Å². The molecule has 2 unspecified atom stereocenters. The van der Waals surface area contributed by atoms with E-state index in [0.717, 1.165) is 19.3 Å². The van der Waals surface area contributed by atoms with Gasteiger partial charge in [0.15, 0.2) is 6.10 Å². The Labute approximate surface area is 81.6 Å². The van der Waals surface area contributed by atoms with E-state index in [-0.39, 0.29) is 6.61 Å². The third-order valence-corrected chi connectivity index (χ3v) is 2.32. The second-order valence-electron chi connectivity index (χ2n) is 3.92. The van der Waals surface area contributed by atoms with Crippen molar-refractivity contribution < 1.29 is 17.9 Å². The fraction of sp³-hybridized carbons (Fsp3) is 1.00. The molecule has 2 N–H and O–H groups in total. The topological polar surface area (TPSA) is 35.2 Å². The first-order valence-electron chi connectivity index (χ1n) is 4.85. The Morgan fingerprint density at radius 3 is 2.36 bits per heavy atom. The van der Waals surface area contributed by atoms with Gasteiger partial charge in [-0.05, 0) is 19.3 Å². The zero-order valence-electron chi connectivity index (χ0n) is 8.18. The summed E-state index contributed by atoms with van der Waals surface area (Å²) in [4.78, 5) is 0. The number of rotatable bonds is 5. The van der Waals surface area contributed by atoms with Gasteiger partial charge in [-0.15, -0.1) is 0 Å². The third-order valence-electron chi connectivity index (χ3n) is 2.32. The van der Waals surface area contributed by atoms with Gasteiger partial charge < -0.3 is 10.5 Å². The van der Waals surface area contributed by atoms with Gasteiger partial charge in [0.05, 0.1) is 0 Å². The lowest BCUT2D eigenvalue weighted by atomic mass is 10.2. The Hall–Kier alpha value is -0.290. The van der Waals surface area contributed by atoms with Gasteiger partial charge in [0.25, 0.3) is 0 Å². The van der Waals surface area contributed by atoms with E-state index in [1.54, 1.807) is 0 Å². The van der Waals surface area contributed by atoms with Crippen molar-refractivity contribution in [1.82, 2.24) is 0 Å². The molecule has 2 atom stereocenters. The molecule has 0 spiro atoms. The van der Waals surface area contributed by atoms with Crippen LogP contribution in [0.25, 0.3) is 0 Å². The number of nitrogens with two attached hydrogens (primary N) is 1. The predicted octanol–water partition coefficient (Wildman–Crippen LogP) is 2.08. The molecule has 5 heteroatoms. The fourth-order valence-corrected chi connectivity index (χ4v) is 1.31. The van der Waals surface area contributed by atoms with Crippen LogP contribution in [0.4, 0.5) is 13.2 Å². The molecule has 0 aromatic rings. The minimum Gasteiger partial charge on any atom is -0.367 e. The van der Waals surface area contributed by atoms with Crippen molar-refractivity contribution in [3.8, 4) is 0 Å². The molecule has 0 radical (unpaired) electrons. The Kier molecular flexibility index (Phi) is 3.78. The van der Waals surface area contributed by atoms with Crippen LogP contribution in [0.1, 0.15) is 26.2 Å². The van der Waals surface area contributed by atoms with Crippen LogP contribution in [-0.2, 0) is 4.74 Å². The lowest BCUT2D eigenvalue weighted by Crippen LogP contribution is -2.45. The zero-order valence-corrected chi connectivity index (χ0v) is 8.18. The molecule has 0 bridgehead atoms. The van der Waals surface area contributed by atoms with Crippen molar-refractivity contribution in [2.45, 2.75) is 44.5 Å². The number of alkyl halides is 3. The minimum absolute atomic E-state index is 0.163. The Balaban J connectivity index is 2.27. The van der Waals surface area contributed by atoms with Crippen molar-refractivity contribution in [3.05, 3.63) is 0 Å². The molecule has 0 saturated heterocycles. The van der Waals surface area contributed by atoms with Crippen LogP contribution < -0.4 is 5.73 Å². The quantitative estimate of drug-likeness (QED) is 0.755. The predicted molar refractivity (Wildman–Crippen MR) is 46.8 cm³/mol. The molecule has 1 saturated carbocycles. The molecular formula is C9H16F3NO. The smallest absolute Gasteiger partial charge is 0.367 e. The first kappa shape index (κ1) is 11.8. The molecular weight excluding hydrogens is 195 g/mol. The molecule has 1 rings (SSSR count). The lowest BCUT2D eigenvalue weighted by molar-refractivity contribution is -0.225. The molecule has 84 valence electrons. The van der Waals surface area contributed by atoms with Crippen LogP contribution in [0.5, 0.6) is 0 Å². The fourth-order valence-electron chi connectivity index (χ4n) is 1.31. The molecule has 2 nitrogen and oxygen atoms in total. The van der Waals surface area contributed by atoms with Crippen LogP contribution in [0.15, 0.2) is 0 Å². The van der Waals surface area contributed by atoms with Crippen molar-refractivity contribution in [3.63, 3.8) is 0 Å². The molecule has 0 aromatic carbocycles. The van der Waals surface area contributed by atoms with Gasteiger partial charge >= 0.3 is 6.18 Å². The highest BCUT2D eigenvalue weighted by molar-refractivity contribution is 4.78. The van der Waals surface area contributed by atoms with Gasteiger partial charge in [0, 0.05) is 12.6 Å². The molecule has 1 aliphatic rings. The van der Waals surface area contributed by atoms with E-state index in [9.17, 15) is 13.2 Å². The lowest BCUT2D eigenvalue weighted by Gasteiger charge is -2.23. The van der Waals surface area contributed by atoms with E-state index in [0.29, 0.717) is 5.92 Å². The third kappa shape index (κ3) is 3.84. The number of hydrogen-bond donors (Lipinski definition) is 1. The average Bonchev–Trinajstić information content (AvgIpc) is 2.77. The van der Waals surface area contributed by atoms with Crippen molar-refractivity contribution in [2.75, 3.05) is 6.61 Å². The summed E-state index contributed by atoms with van der Waals surface area (Å²) in [6.45, 7) is 1.48. The summed E-state index contributed by atoms with van der Waals surface area (Å²) >= 11 is 0. The summed E-state index contributed by atoms with van der Waals surface area (Å²) in [6.07, 6.45) is -3.20. The van der Waals surface area contributed by atoms with Crippen LogP contribution in [0.2, 0.25) is 0 Å². The average molecular weight is 211 g/mol. The van der Waals surface area contributed by atoms with Crippen molar-refractivity contribution in [1.29, 1.82) is 0 Å². The summed E-state index contributed by atoms with van der Waals surface area (Å²) in [6, 6.07) is -1.01. The monoisotopic (exact) mass is 211 g/mol. The maximum atomic E-state index is 12.3. The summed E-state index contributed by atoms with van der Waals surface area (Å²) in [5.74, 6) is 0.581. The van der Waals surface area contributed by atoms with E-state index in [2.05, 4.69) is 0 Å².